The number of hydrazine groups is 1. The van der Waals surface area contributed by atoms with Crippen molar-refractivity contribution in [3.63, 3.8) is 0 Å². The summed E-state index contributed by atoms with van der Waals surface area (Å²) in [6, 6.07) is 15.5. The van der Waals surface area contributed by atoms with E-state index in [0.29, 0.717) is 34.2 Å². The lowest BCUT2D eigenvalue weighted by molar-refractivity contribution is -0.384. The highest BCUT2D eigenvalue weighted by Gasteiger charge is 2.15. The summed E-state index contributed by atoms with van der Waals surface area (Å²) >= 11 is 0. The zero-order valence-corrected chi connectivity index (χ0v) is 34.5. The van der Waals surface area contributed by atoms with E-state index in [4.69, 9.17) is 18.9 Å². The van der Waals surface area contributed by atoms with Gasteiger partial charge in [0.05, 0.1) is 22.0 Å². The fraction of sp³-hybridized carbons (Fsp3) is 0.535. The molecule has 3 aromatic rings. The summed E-state index contributed by atoms with van der Waals surface area (Å²) in [6.07, 6.45) is 15.0. The van der Waals surface area contributed by atoms with Gasteiger partial charge in [0.15, 0.2) is 0 Å². The number of non-ortho nitro benzene ring substituents is 1. The Morgan fingerprint density at radius 3 is 1.75 bits per heavy atom. The molecule has 0 radical (unpaired) electrons. The number of rotatable bonds is 29. The monoisotopic (exact) mass is 790 g/mol. The number of azo groups is 1. The first-order chi connectivity index (χ1) is 27.6. The van der Waals surface area contributed by atoms with Crippen molar-refractivity contribution in [2.45, 2.75) is 112 Å². The highest BCUT2D eigenvalue weighted by atomic mass is 16.6. The van der Waals surface area contributed by atoms with Crippen LogP contribution in [0.3, 0.4) is 0 Å². The SMILES string of the molecule is CCCCCCCCN(CCCCCCCC)c1ccc(/N=N/c2cc(OCCOC(C)=O)c(NNc3ccc([N+](=O)[O-])cc3)cc2OCCOC(C)=O)c(C)c1. The molecule has 2 N–H and O–H groups in total. The molecule has 0 aliphatic carbocycles. The summed E-state index contributed by atoms with van der Waals surface area (Å²) in [5.74, 6) is -0.201. The first-order valence-corrected chi connectivity index (χ1v) is 20.3. The lowest BCUT2D eigenvalue weighted by Gasteiger charge is -2.26. The number of hydrogen-bond donors (Lipinski definition) is 2. The molecule has 3 rings (SSSR count). The second-order valence-electron chi connectivity index (χ2n) is 13.9. The zero-order valence-electron chi connectivity index (χ0n) is 34.5. The third kappa shape index (κ3) is 17.9. The van der Waals surface area contributed by atoms with Crippen LogP contribution in [0.15, 0.2) is 64.8 Å². The summed E-state index contributed by atoms with van der Waals surface area (Å²) in [4.78, 5) is 35.9. The minimum absolute atomic E-state index is 0.0162. The van der Waals surface area contributed by atoms with Crippen molar-refractivity contribution in [3.8, 4) is 11.5 Å². The number of carbonyl (C=O) groups excluding carboxylic acids is 2. The molecule has 0 bridgehead atoms. The summed E-state index contributed by atoms with van der Waals surface area (Å²) in [5, 5.41) is 20.4. The molecule has 14 heteroatoms. The third-order valence-corrected chi connectivity index (χ3v) is 9.15. The van der Waals surface area contributed by atoms with Crippen molar-refractivity contribution < 1.29 is 33.5 Å². The van der Waals surface area contributed by atoms with Crippen molar-refractivity contribution in [2.75, 3.05) is 55.3 Å². The van der Waals surface area contributed by atoms with Gasteiger partial charge < -0.3 is 29.3 Å². The molecule has 0 heterocycles. The van der Waals surface area contributed by atoms with Crippen LogP contribution < -0.4 is 25.2 Å². The Kier molecular flexibility index (Phi) is 21.3. The van der Waals surface area contributed by atoms with Crippen LogP contribution in [0.1, 0.15) is 110 Å². The summed E-state index contributed by atoms with van der Waals surface area (Å²) in [7, 11) is 0. The van der Waals surface area contributed by atoms with Gasteiger partial charge in [0.25, 0.3) is 5.69 Å². The maximum absolute atomic E-state index is 11.4. The average molecular weight is 791 g/mol. The van der Waals surface area contributed by atoms with Crippen LogP contribution in [-0.2, 0) is 19.1 Å². The maximum Gasteiger partial charge on any atom is 0.302 e. The molecule has 0 unspecified atom stereocenters. The largest absolute Gasteiger partial charge is 0.488 e. The number of nitro groups is 1. The number of carbonyl (C=O) groups is 2. The first kappa shape index (κ1) is 46.0. The van der Waals surface area contributed by atoms with Crippen molar-refractivity contribution in [2.24, 2.45) is 10.2 Å². The van der Waals surface area contributed by atoms with Crippen LogP contribution in [0.2, 0.25) is 0 Å². The van der Waals surface area contributed by atoms with E-state index < -0.39 is 16.9 Å². The molecule has 0 aliphatic rings. The van der Waals surface area contributed by atoms with Crippen molar-refractivity contribution in [1.29, 1.82) is 0 Å². The van der Waals surface area contributed by atoms with E-state index in [1.165, 1.54) is 109 Å². The van der Waals surface area contributed by atoms with Crippen LogP contribution in [-0.4, -0.2) is 56.4 Å². The van der Waals surface area contributed by atoms with Crippen molar-refractivity contribution in [3.05, 3.63) is 70.3 Å². The van der Waals surface area contributed by atoms with E-state index in [0.717, 1.165) is 18.7 Å². The van der Waals surface area contributed by atoms with Crippen molar-refractivity contribution >= 4 is 46.1 Å². The smallest absolute Gasteiger partial charge is 0.302 e. The second kappa shape index (κ2) is 26.5. The fourth-order valence-corrected chi connectivity index (χ4v) is 6.03. The average Bonchev–Trinajstić information content (AvgIpc) is 3.19. The maximum atomic E-state index is 11.4. The number of hydrogen-bond acceptors (Lipinski definition) is 13. The molecule has 0 amide bonds. The predicted molar refractivity (Wildman–Crippen MR) is 225 cm³/mol. The minimum Gasteiger partial charge on any atom is -0.488 e. The summed E-state index contributed by atoms with van der Waals surface area (Å²) in [5.41, 5.74) is 10.2. The van der Waals surface area contributed by atoms with Gasteiger partial charge in [-0.15, -0.1) is 5.11 Å². The van der Waals surface area contributed by atoms with E-state index in [1.54, 1.807) is 24.3 Å². The number of benzene rings is 3. The van der Waals surface area contributed by atoms with Crippen LogP contribution in [0.5, 0.6) is 11.5 Å². The quantitative estimate of drug-likeness (QED) is 0.0226. The number of aryl methyl sites for hydroxylation is 1. The molecule has 0 aliphatic heterocycles. The zero-order chi connectivity index (χ0) is 41.3. The molecule has 0 spiro atoms. The third-order valence-electron chi connectivity index (χ3n) is 9.15. The molecule has 0 atom stereocenters. The van der Waals surface area contributed by atoms with Crippen LogP contribution >= 0.6 is 0 Å². The number of nitro benzene ring substituents is 1. The molecular weight excluding hydrogens is 729 g/mol. The Hall–Kier alpha value is -5.40. The summed E-state index contributed by atoms with van der Waals surface area (Å²) < 4.78 is 22.2. The Labute approximate surface area is 337 Å². The van der Waals surface area contributed by atoms with Crippen LogP contribution in [0.25, 0.3) is 0 Å². The normalized spacial score (nSPS) is 11.0. The van der Waals surface area contributed by atoms with E-state index in [9.17, 15) is 19.7 Å². The van der Waals surface area contributed by atoms with E-state index in [1.807, 2.05) is 13.0 Å². The van der Waals surface area contributed by atoms with Gasteiger partial charge >= 0.3 is 11.9 Å². The first-order valence-electron chi connectivity index (χ1n) is 20.3. The standard InChI is InChI=1S/C43H62N6O8/c1-6-8-10-12-14-16-24-48(25-17-15-13-11-9-7-2)38-22-23-39(33(3)30-38)45-47-41-32-42(56-28-26-54-34(4)50)40(31-43(41)57-29-27-55-35(5)51)46-44-36-18-20-37(21-19-36)49(52)53/h18-23,30-32,44,46H,6-17,24-29H2,1-5H3/b47-45+. The van der Waals surface area contributed by atoms with Crippen LogP contribution in [0.4, 0.5) is 34.1 Å². The molecule has 57 heavy (non-hydrogen) atoms. The van der Waals surface area contributed by atoms with Gasteiger partial charge in [0.1, 0.15) is 43.6 Å². The molecule has 0 saturated heterocycles. The van der Waals surface area contributed by atoms with Crippen LogP contribution in [0, 0.1) is 17.0 Å². The second-order valence-corrected chi connectivity index (χ2v) is 13.9. The predicted octanol–water partition coefficient (Wildman–Crippen LogP) is 11.2. The Bertz CT molecular complexity index is 1690. The number of unbranched alkanes of at least 4 members (excludes halogenated alkanes) is 10. The van der Waals surface area contributed by atoms with Gasteiger partial charge in [0.2, 0.25) is 0 Å². The van der Waals surface area contributed by atoms with Gasteiger partial charge in [-0.05, 0) is 55.7 Å². The lowest BCUT2D eigenvalue weighted by atomic mass is 10.1. The number of esters is 2. The van der Waals surface area contributed by atoms with Gasteiger partial charge in [0, 0.05) is 56.9 Å². The molecular formula is C43H62N6O8. The molecule has 0 saturated carbocycles. The lowest BCUT2D eigenvalue weighted by Crippen LogP contribution is -2.25. The minimum atomic E-state index is -0.474. The Morgan fingerprint density at radius 2 is 1.21 bits per heavy atom. The number of ether oxygens (including phenoxy) is 4. The molecule has 0 aromatic heterocycles. The van der Waals surface area contributed by atoms with E-state index in [2.05, 4.69) is 52.0 Å². The Balaban J connectivity index is 1.88. The number of nitrogens with one attached hydrogen (secondary N) is 2. The van der Waals surface area contributed by atoms with E-state index in [-0.39, 0.29) is 32.1 Å². The van der Waals surface area contributed by atoms with E-state index >= 15 is 0 Å². The van der Waals surface area contributed by atoms with Gasteiger partial charge in [-0.2, -0.15) is 5.11 Å². The molecule has 312 valence electrons. The van der Waals surface area contributed by atoms with Gasteiger partial charge in [-0.25, -0.2) is 0 Å². The van der Waals surface area contributed by atoms with Gasteiger partial charge in [-0.3, -0.25) is 25.1 Å². The highest BCUT2D eigenvalue weighted by Crippen LogP contribution is 2.40. The number of nitrogens with zero attached hydrogens (tertiary/aromatic N) is 4. The number of anilines is 3. The summed E-state index contributed by atoms with van der Waals surface area (Å²) in [6.45, 7) is 11.3. The Morgan fingerprint density at radius 1 is 0.667 bits per heavy atom. The molecule has 14 nitrogen and oxygen atoms in total. The molecule has 3 aromatic carbocycles. The van der Waals surface area contributed by atoms with Crippen molar-refractivity contribution in [1.82, 2.24) is 0 Å². The van der Waals surface area contributed by atoms with Gasteiger partial charge in [-0.1, -0.05) is 78.1 Å². The molecule has 0 fully saturated rings. The highest BCUT2D eigenvalue weighted by molar-refractivity contribution is 5.71. The fourth-order valence-electron chi connectivity index (χ4n) is 6.03. The topological polar surface area (TPSA) is 166 Å².